The van der Waals surface area contributed by atoms with Gasteiger partial charge in [-0.3, -0.25) is 9.59 Å². The number of carbonyl (C=O) groups excluding carboxylic acids is 1. The predicted molar refractivity (Wildman–Crippen MR) is 77.9 cm³/mol. The molecule has 0 aromatic heterocycles. The van der Waals surface area contributed by atoms with Crippen LogP contribution < -0.4 is 0 Å². The molecule has 1 heterocycles. The van der Waals surface area contributed by atoms with Gasteiger partial charge in [0, 0.05) is 20.1 Å². The van der Waals surface area contributed by atoms with Crippen molar-refractivity contribution in [2.45, 2.75) is 25.8 Å². The SMILES string of the molecule is COCCN1C(=O)CCC(C(=O)O)C1c1ccc(C)cc1. The van der Waals surface area contributed by atoms with Crippen molar-refractivity contribution in [2.24, 2.45) is 5.92 Å². The number of hydrogen-bond donors (Lipinski definition) is 1. The molecule has 2 atom stereocenters. The average molecular weight is 291 g/mol. The average Bonchev–Trinajstić information content (AvgIpc) is 2.46. The third-order valence-corrected chi connectivity index (χ3v) is 3.98. The molecule has 0 spiro atoms. The first-order chi connectivity index (χ1) is 10.0. The second kappa shape index (κ2) is 6.72. The van der Waals surface area contributed by atoms with Crippen molar-refractivity contribution >= 4 is 11.9 Å². The van der Waals surface area contributed by atoms with Crippen LogP contribution in [0.1, 0.15) is 30.0 Å². The fourth-order valence-electron chi connectivity index (χ4n) is 2.84. The van der Waals surface area contributed by atoms with Gasteiger partial charge in [-0.1, -0.05) is 29.8 Å². The third kappa shape index (κ3) is 3.42. The second-order valence-corrected chi connectivity index (χ2v) is 5.42. The number of carboxylic acids is 1. The summed E-state index contributed by atoms with van der Waals surface area (Å²) >= 11 is 0. The minimum atomic E-state index is -0.851. The van der Waals surface area contributed by atoms with Crippen molar-refractivity contribution in [1.82, 2.24) is 4.90 Å². The molecule has 0 radical (unpaired) electrons. The number of aryl methyl sites for hydroxylation is 1. The molecule has 114 valence electrons. The van der Waals surface area contributed by atoms with Gasteiger partial charge in [0.1, 0.15) is 0 Å². The van der Waals surface area contributed by atoms with E-state index >= 15 is 0 Å². The largest absolute Gasteiger partial charge is 0.481 e. The Morgan fingerprint density at radius 2 is 2.05 bits per heavy atom. The Hall–Kier alpha value is -1.88. The lowest BCUT2D eigenvalue weighted by molar-refractivity contribution is -0.152. The molecule has 1 fully saturated rings. The molecule has 0 bridgehead atoms. The molecule has 0 aliphatic carbocycles. The van der Waals surface area contributed by atoms with E-state index in [2.05, 4.69) is 0 Å². The van der Waals surface area contributed by atoms with Gasteiger partial charge >= 0.3 is 5.97 Å². The second-order valence-electron chi connectivity index (χ2n) is 5.42. The lowest BCUT2D eigenvalue weighted by Crippen LogP contribution is -2.46. The number of nitrogens with zero attached hydrogens (tertiary/aromatic N) is 1. The van der Waals surface area contributed by atoms with E-state index < -0.39 is 17.9 Å². The van der Waals surface area contributed by atoms with Gasteiger partial charge in [0.15, 0.2) is 0 Å². The molecule has 2 unspecified atom stereocenters. The molecule has 5 nitrogen and oxygen atoms in total. The summed E-state index contributed by atoms with van der Waals surface area (Å²) in [6.07, 6.45) is 0.666. The number of carboxylic acid groups (broad SMARTS) is 1. The van der Waals surface area contributed by atoms with Crippen LogP contribution in [0.2, 0.25) is 0 Å². The number of likely N-dealkylation sites (tertiary alicyclic amines) is 1. The molecule has 0 saturated carbocycles. The summed E-state index contributed by atoms with van der Waals surface area (Å²) in [5, 5.41) is 9.48. The molecule has 5 heteroatoms. The number of aliphatic carboxylic acids is 1. The fourth-order valence-corrected chi connectivity index (χ4v) is 2.84. The van der Waals surface area contributed by atoms with Crippen LogP contribution in [-0.2, 0) is 14.3 Å². The van der Waals surface area contributed by atoms with E-state index in [0.29, 0.717) is 19.6 Å². The standard InChI is InChI=1S/C16H21NO4/c1-11-3-5-12(6-4-11)15-13(16(19)20)7-8-14(18)17(15)9-10-21-2/h3-6,13,15H,7-10H2,1-2H3,(H,19,20). The van der Waals surface area contributed by atoms with Crippen LogP contribution in [0.3, 0.4) is 0 Å². The zero-order chi connectivity index (χ0) is 15.4. The summed E-state index contributed by atoms with van der Waals surface area (Å²) in [6.45, 7) is 2.80. The summed E-state index contributed by atoms with van der Waals surface area (Å²) < 4.78 is 5.05. The highest BCUT2D eigenvalue weighted by Crippen LogP contribution is 2.36. The first-order valence-electron chi connectivity index (χ1n) is 7.12. The van der Waals surface area contributed by atoms with E-state index in [1.165, 1.54) is 0 Å². The number of piperidine rings is 1. The highest BCUT2D eigenvalue weighted by atomic mass is 16.5. The van der Waals surface area contributed by atoms with Gasteiger partial charge in [-0.15, -0.1) is 0 Å². The molecule has 1 aromatic rings. The lowest BCUT2D eigenvalue weighted by Gasteiger charge is -2.39. The third-order valence-electron chi connectivity index (χ3n) is 3.98. The molecular weight excluding hydrogens is 270 g/mol. The van der Waals surface area contributed by atoms with E-state index in [1.807, 2.05) is 31.2 Å². The number of methoxy groups -OCH3 is 1. The Morgan fingerprint density at radius 1 is 1.38 bits per heavy atom. The topological polar surface area (TPSA) is 66.8 Å². The van der Waals surface area contributed by atoms with Crippen LogP contribution in [0, 0.1) is 12.8 Å². The molecule has 2 rings (SSSR count). The zero-order valence-electron chi connectivity index (χ0n) is 12.4. The minimum Gasteiger partial charge on any atom is -0.481 e. The maximum atomic E-state index is 12.2. The van der Waals surface area contributed by atoms with Crippen molar-refractivity contribution in [2.75, 3.05) is 20.3 Å². The van der Waals surface area contributed by atoms with Gasteiger partial charge in [-0.25, -0.2) is 0 Å². The first-order valence-corrected chi connectivity index (χ1v) is 7.12. The Balaban J connectivity index is 2.35. The number of hydrogen-bond acceptors (Lipinski definition) is 3. The summed E-state index contributed by atoms with van der Waals surface area (Å²) in [7, 11) is 1.57. The molecular formula is C16H21NO4. The molecule has 1 amide bonds. The van der Waals surface area contributed by atoms with E-state index in [-0.39, 0.29) is 12.3 Å². The quantitative estimate of drug-likeness (QED) is 0.901. The molecule has 1 aromatic carbocycles. The Labute approximate surface area is 124 Å². The summed E-state index contributed by atoms with van der Waals surface area (Å²) in [6, 6.07) is 7.30. The van der Waals surface area contributed by atoms with Gasteiger partial charge < -0.3 is 14.7 Å². The maximum Gasteiger partial charge on any atom is 0.308 e. The monoisotopic (exact) mass is 291 g/mol. The van der Waals surface area contributed by atoms with Crippen molar-refractivity contribution in [3.8, 4) is 0 Å². The van der Waals surface area contributed by atoms with Crippen LogP contribution >= 0.6 is 0 Å². The van der Waals surface area contributed by atoms with Crippen LogP contribution in [0.4, 0.5) is 0 Å². The zero-order valence-corrected chi connectivity index (χ0v) is 12.4. The lowest BCUT2D eigenvalue weighted by atomic mass is 9.84. The normalized spacial score (nSPS) is 22.4. The van der Waals surface area contributed by atoms with Gasteiger partial charge in [-0.05, 0) is 18.9 Å². The van der Waals surface area contributed by atoms with E-state index in [0.717, 1.165) is 11.1 Å². The number of rotatable bonds is 5. The van der Waals surface area contributed by atoms with Gasteiger partial charge in [0.05, 0.1) is 18.6 Å². The Morgan fingerprint density at radius 3 is 2.62 bits per heavy atom. The molecule has 21 heavy (non-hydrogen) atoms. The van der Waals surface area contributed by atoms with Crippen LogP contribution in [0.15, 0.2) is 24.3 Å². The number of carbonyl (C=O) groups is 2. The molecule has 1 N–H and O–H groups in total. The fraction of sp³-hybridized carbons (Fsp3) is 0.500. The summed E-state index contributed by atoms with van der Waals surface area (Å²) in [5.41, 5.74) is 1.98. The Bertz CT molecular complexity index is 512. The predicted octanol–water partition coefficient (Wildman–Crippen LogP) is 2.01. The first kappa shape index (κ1) is 15.5. The van der Waals surface area contributed by atoms with E-state index in [1.54, 1.807) is 12.0 Å². The smallest absolute Gasteiger partial charge is 0.308 e. The highest BCUT2D eigenvalue weighted by Gasteiger charge is 2.40. The van der Waals surface area contributed by atoms with Gasteiger partial charge in [0.25, 0.3) is 0 Å². The van der Waals surface area contributed by atoms with Crippen molar-refractivity contribution in [3.05, 3.63) is 35.4 Å². The van der Waals surface area contributed by atoms with Gasteiger partial charge in [-0.2, -0.15) is 0 Å². The van der Waals surface area contributed by atoms with Crippen LogP contribution in [0.25, 0.3) is 0 Å². The van der Waals surface area contributed by atoms with Crippen molar-refractivity contribution in [1.29, 1.82) is 0 Å². The number of amides is 1. The van der Waals surface area contributed by atoms with Crippen LogP contribution in [-0.4, -0.2) is 42.1 Å². The van der Waals surface area contributed by atoms with Gasteiger partial charge in [0.2, 0.25) is 5.91 Å². The molecule has 1 saturated heterocycles. The van der Waals surface area contributed by atoms with E-state index in [4.69, 9.17) is 4.74 Å². The minimum absolute atomic E-state index is 0.00451. The summed E-state index contributed by atoms with van der Waals surface area (Å²) in [5.74, 6) is -1.42. The molecule has 1 aliphatic rings. The summed E-state index contributed by atoms with van der Waals surface area (Å²) in [4.78, 5) is 25.4. The van der Waals surface area contributed by atoms with E-state index in [9.17, 15) is 14.7 Å². The van der Waals surface area contributed by atoms with Crippen molar-refractivity contribution < 1.29 is 19.4 Å². The van der Waals surface area contributed by atoms with Crippen LogP contribution in [0.5, 0.6) is 0 Å². The number of ether oxygens (including phenoxy) is 1. The molecule has 1 aliphatic heterocycles. The number of benzene rings is 1. The maximum absolute atomic E-state index is 12.2. The Kier molecular flexibility index (Phi) is 4.96. The van der Waals surface area contributed by atoms with Crippen molar-refractivity contribution in [3.63, 3.8) is 0 Å². The highest BCUT2D eigenvalue weighted by molar-refractivity contribution is 5.81.